The fraction of sp³-hybridized carbons (Fsp3) is 0.400. The fourth-order valence-electron chi connectivity index (χ4n) is 1.14. The van der Waals surface area contributed by atoms with Crippen molar-refractivity contribution in [1.29, 1.82) is 0 Å². The molecule has 1 atom stereocenters. The molecule has 0 aliphatic rings. The number of benzene rings is 1. The zero-order valence-corrected chi connectivity index (χ0v) is 7.57. The van der Waals surface area contributed by atoms with Gasteiger partial charge in [0.2, 0.25) is 0 Å². The normalized spacial score (nSPS) is 12.8. The Morgan fingerprint density at radius 2 is 2.00 bits per heavy atom. The summed E-state index contributed by atoms with van der Waals surface area (Å²) >= 11 is 0. The Balaban J connectivity index is 2.71. The van der Waals surface area contributed by atoms with Crippen LogP contribution in [0.1, 0.15) is 18.9 Å². The van der Waals surface area contributed by atoms with Crippen LogP contribution >= 0.6 is 0 Å². The molecule has 0 aromatic heterocycles. The van der Waals surface area contributed by atoms with E-state index >= 15 is 0 Å². The predicted octanol–water partition coefficient (Wildman–Crippen LogP) is 1.41. The van der Waals surface area contributed by atoms with Crippen LogP contribution in [0.3, 0.4) is 0 Å². The largest absolute Gasteiger partial charge is 0.504 e. The number of aromatic hydroxyl groups is 2. The van der Waals surface area contributed by atoms with Gasteiger partial charge in [0.05, 0.1) is 6.10 Å². The van der Waals surface area contributed by atoms with Crippen LogP contribution in [0.25, 0.3) is 0 Å². The van der Waals surface area contributed by atoms with Crippen LogP contribution in [0.5, 0.6) is 11.5 Å². The maximum atomic E-state index is 9.38. The molecule has 3 nitrogen and oxygen atoms in total. The van der Waals surface area contributed by atoms with E-state index in [4.69, 9.17) is 10.2 Å². The maximum Gasteiger partial charge on any atom is 0.160 e. The van der Waals surface area contributed by atoms with E-state index in [1.54, 1.807) is 19.1 Å². The van der Waals surface area contributed by atoms with Crippen molar-refractivity contribution in [2.45, 2.75) is 25.9 Å². The lowest BCUT2D eigenvalue weighted by Crippen LogP contribution is -2.01. The SMILES string of the molecule is CC(O)CCc1cccc(O)c1O. The number of hydrogen-bond donors (Lipinski definition) is 3. The monoisotopic (exact) mass is 182 g/mol. The minimum absolute atomic E-state index is 0.0804. The number of rotatable bonds is 3. The van der Waals surface area contributed by atoms with Crippen molar-refractivity contribution in [3.8, 4) is 11.5 Å². The van der Waals surface area contributed by atoms with Gasteiger partial charge in [0.15, 0.2) is 11.5 Å². The van der Waals surface area contributed by atoms with Crippen molar-refractivity contribution < 1.29 is 15.3 Å². The summed E-state index contributed by atoms with van der Waals surface area (Å²) in [6, 6.07) is 4.84. The lowest BCUT2D eigenvalue weighted by molar-refractivity contribution is 0.184. The lowest BCUT2D eigenvalue weighted by atomic mass is 10.1. The second-order valence-corrected chi connectivity index (χ2v) is 3.17. The highest BCUT2D eigenvalue weighted by Crippen LogP contribution is 2.29. The van der Waals surface area contributed by atoms with Crippen molar-refractivity contribution >= 4 is 0 Å². The molecule has 3 N–H and O–H groups in total. The summed E-state index contributed by atoms with van der Waals surface area (Å²) in [4.78, 5) is 0. The van der Waals surface area contributed by atoms with Crippen LogP contribution in [0.4, 0.5) is 0 Å². The molecule has 1 unspecified atom stereocenters. The second kappa shape index (κ2) is 4.14. The molecule has 0 fully saturated rings. The summed E-state index contributed by atoms with van der Waals surface area (Å²) in [7, 11) is 0. The van der Waals surface area contributed by atoms with Crippen LogP contribution in [0.2, 0.25) is 0 Å². The molecule has 3 heteroatoms. The molecule has 0 bridgehead atoms. The highest BCUT2D eigenvalue weighted by atomic mass is 16.3. The quantitative estimate of drug-likeness (QED) is 0.619. The number of aryl methyl sites for hydroxylation is 1. The number of para-hydroxylation sites is 1. The molecule has 1 rings (SSSR count). The molecule has 13 heavy (non-hydrogen) atoms. The third kappa shape index (κ3) is 2.63. The minimum atomic E-state index is -0.387. The Bertz CT molecular complexity index is 281. The molecule has 72 valence electrons. The van der Waals surface area contributed by atoms with Crippen molar-refractivity contribution in [3.05, 3.63) is 23.8 Å². The molecular weight excluding hydrogens is 168 g/mol. The number of hydrogen-bond acceptors (Lipinski definition) is 3. The standard InChI is InChI=1S/C10H14O3/c1-7(11)5-6-8-3-2-4-9(12)10(8)13/h2-4,7,11-13H,5-6H2,1H3. The second-order valence-electron chi connectivity index (χ2n) is 3.17. The Morgan fingerprint density at radius 3 is 2.62 bits per heavy atom. The number of phenolic OH excluding ortho intramolecular Hbond substituents is 2. The van der Waals surface area contributed by atoms with Gasteiger partial charge in [-0.2, -0.15) is 0 Å². The Labute approximate surface area is 77.3 Å². The summed E-state index contributed by atoms with van der Waals surface area (Å²) in [5, 5.41) is 27.6. The zero-order chi connectivity index (χ0) is 9.84. The van der Waals surface area contributed by atoms with Crippen molar-refractivity contribution in [3.63, 3.8) is 0 Å². The van der Waals surface area contributed by atoms with Gasteiger partial charge >= 0.3 is 0 Å². The molecule has 0 spiro atoms. The number of aliphatic hydroxyl groups excluding tert-OH is 1. The van der Waals surface area contributed by atoms with Crippen LogP contribution in [-0.4, -0.2) is 21.4 Å². The summed E-state index contributed by atoms with van der Waals surface area (Å²) < 4.78 is 0. The molecule has 0 aliphatic carbocycles. The minimum Gasteiger partial charge on any atom is -0.504 e. The first-order valence-corrected chi connectivity index (χ1v) is 4.29. The average molecular weight is 182 g/mol. The van der Waals surface area contributed by atoms with Gasteiger partial charge < -0.3 is 15.3 Å². The Kier molecular flexibility index (Phi) is 3.14. The van der Waals surface area contributed by atoms with E-state index in [0.717, 1.165) is 0 Å². The van der Waals surface area contributed by atoms with Gasteiger partial charge in [-0.3, -0.25) is 0 Å². The zero-order valence-electron chi connectivity index (χ0n) is 7.57. The van der Waals surface area contributed by atoms with Gasteiger partial charge in [0, 0.05) is 0 Å². The highest BCUT2D eigenvalue weighted by molar-refractivity contribution is 5.44. The Morgan fingerprint density at radius 1 is 1.31 bits per heavy atom. The van der Waals surface area contributed by atoms with Gasteiger partial charge in [-0.15, -0.1) is 0 Å². The maximum absolute atomic E-state index is 9.38. The third-order valence-electron chi connectivity index (χ3n) is 1.93. The van der Waals surface area contributed by atoms with Crippen molar-refractivity contribution in [1.82, 2.24) is 0 Å². The first-order valence-electron chi connectivity index (χ1n) is 4.29. The third-order valence-corrected chi connectivity index (χ3v) is 1.93. The first-order chi connectivity index (χ1) is 6.11. The van der Waals surface area contributed by atoms with Crippen LogP contribution in [0.15, 0.2) is 18.2 Å². The van der Waals surface area contributed by atoms with Crippen LogP contribution in [-0.2, 0) is 6.42 Å². The lowest BCUT2D eigenvalue weighted by Gasteiger charge is -2.06. The summed E-state index contributed by atoms with van der Waals surface area (Å²) in [6.45, 7) is 1.69. The summed E-state index contributed by atoms with van der Waals surface area (Å²) in [5.41, 5.74) is 0.668. The van der Waals surface area contributed by atoms with Crippen LogP contribution < -0.4 is 0 Å². The summed E-state index contributed by atoms with van der Waals surface area (Å²) in [6.07, 6.45) is 0.760. The van der Waals surface area contributed by atoms with E-state index in [1.807, 2.05) is 0 Å². The topological polar surface area (TPSA) is 60.7 Å². The van der Waals surface area contributed by atoms with Crippen LogP contribution in [0, 0.1) is 0 Å². The fourth-order valence-corrected chi connectivity index (χ4v) is 1.14. The van der Waals surface area contributed by atoms with Crippen molar-refractivity contribution in [2.24, 2.45) is 0 Å². The predicted molar refractivity (Wildman–Crippen MR) is 49.8 cm³/mol. The van der Waals surface area contributed by atoms with E-state index in [9.17, 15) is 5.11 Å². The molecular formula is C10H14O3. The first kappa shape index (κ1) is 9.86. The van der Waals surface area contributed by atoms with Crippen molar-refractivity contribution in [2.75, 3.05) is 0 Å². The number of phenols is 2. The van der Waals surface area contributed by atoms with Gasteiger partial charge in [-0.05, 0) is 31.4 Å². The van der Waals surface area contributed by atoms with E-state index in [2.05, 4.69) is 0 Å². The molecule has 0 saturated carbocycles. The summed E-state index contributed by atoms with van der Waals surface area (Å²) in [5.74, 6) is -0.189. The van der Waals surface area contributed by atoms with Gasteiger partial charge in [0.1, 0.15) is 0 Å². The molecule has 0 aliphatic heterocycles. The highest BCUT2D eigenvalue weighted by Gasteiger charge is 2.06. The van der Waals surface area contributed by atoms with E-state index in [-0.39, 0.29) is 17.6 Å². The molecule has 1 aromatic rings. The van der Waals surface area contributed by atoms with Gasteiger partial charge in [-0.1, -0.05) is 12.1 Å². The van der Waals surface area contributed by atoms with E-state index in [1.165, 1.54) is 6.07 Å². The Hall–Kier alpha value is -1.22. The molecule has 0 amide bonds. The van der Waals surface area contributed by atoms with Gasteiger partial charge in [-0.25, -0.2) is 0 Å². The number of aliphatic hydroxyl groups is 1. The molecule has 0 saturated heterocycles. The van der Waals surface area contributed by atoms with E-state index in [0.29, 0.717) is 18.4 Å². The molecule has 0 radical (unpaired) electrons. The smallest absolute Gasteiger partial charge is 0.160 e. The average Bonchev–Trinajstić information content (AvgIpc) is 2.07. The van der Waals surface area contributed by atoms with E-state index < -0.39 is 0 Å². The molecule has 1 aromatic carbocycles. The van der Waals surface area contributed by atoms with Gasteiger partial charge in [0.25, 0.3) is 0 Å². The molecule has 0 heterocycles.